The highest BCUT2D eigenvalue weighted by atomic mass is 16.5. The molecule has 21 heavy (non-hydrogen) atoms. The fourth-order valence-electron chi connectivity index (χ4n) is 2.09. The van der Waals surface area contributed by atoms with E-state index in [1.165, 1.54) is 0 Å². The van der Waals surface area contributed by atoms with Crippen molar-refractivity contribution in [3.63, 3.8) is 0 Å². The van der Waals surface area contributed by atoms with E-state index in [4.69, 9.17) is 4.74 Å². The van der Waals surface area contributed by atoms with Gasteiger partial charge in [0.2, 0.25) is 0 Å². The molecule has 0 saturated heterocycles. The lowest BCUT2D eigenvalue weighted by atomic mass is 10.2. The SMILES string of the molecule is Cn1cnc2cc(NC(=O)OCc3ccccc3)ccc21. The number of aromatic nitrogens is 2. The molecule has 0 spiro atoms. The highest BCUT2D eigenvalue weighted by Crippen LogP contribution is 2.17. The molecule has 1 aromatic heterocycles. The second-order valence-electron chi connectivity index (χ2n) is 4.75. The minimum Gasteiger partial charge on any atom is -0.444 e. The van der Waals surface area contributed by atoms with Crippen LogP contribution in [0.5, 0.6) is 0 Å². The summed E-state index contributed by atoms with van der Waals surface area (Å²) in [7, 11) is 1.93. The number of amides is 1. The van der Waals surface area contributed by atoms with E-state index in [1.54, 1.807) is 6.33 Å². The number of carbonyl (C=O) groups excluding carboxylic acids is 1. The second-order valence-corrected chi connectivity index (χ2v) is 4.75. The number of ether oxygens (including phenoxy) is 1. The zero-order valence-corrected chi connectivity index (χ0v) is 11.6. The van der Waals surface area contributed by atoms with Crippen LogP contribution in [0.4, 0.5) is 10.5 Å². The summed E-state index contributed by atoms with van der Waals surface area (Å²) >= 11 is 0. The van der Waals surface area contributed by atoms with Gasteiger partial charge in [0.15, 0.2) is 0 Å². The van der Waals surface area contributed by atoms with Gasteiger partial charge < -0.3 is 9.30 Å². The van der Waals surface area contributed by atoms with Crippen molar-refractivity contribution in [1.82, 2.24) is 9.55 Å². The van der Waals surface area contributed by atoms with Crippen LogP contribution >= 0.6 is 0 Å². The third-order valence-corrected chi connectivity index (χ3v) is 3.18. The Balaban J connectivity index is 1.63. The van der Waals surface area contributed by atoms with Crippen LogP contribution in [-0.4, -0.2) is 15.6 Å². The van der Waals surface area contributed by atoms with E-state index < -0.39 is 6.09 Å². The largest absolute Gasteiger partial charge is 0.444 e. The van der Waals surface area contributed by atoms with Crippen molar-refractivity contribution in [3.8, 4) is 0 Å². The minimum absolute atomic E-state index is 0.249. The highest BCUT2D eigenvalue weighted by molar-refractivity contribution is 5.88. The normalized spacial score (nSPS) is 10.5. The molecule has 1 amide bonds. The Hall–Kier alpha value is -2.82. The van der Waals surface area contributed by atoms with Gasteiger partial charge in [-0.05, 0) is 23.8 Å². The Morgan fingerprint density at radius 3 is 2.86 bits per heavy atom. The molecular weight excluding hydrogens is 266 g/mol. The molecule has 0 unspecified atom stereocenters. The number of benzene rings is 2. The Morgan fingerprint density at radius 1 is 1.24 bits per heavy atom. The first kappa shape index (κ1) is 13.2. The fraction of sp³-hybridized carbons (Fsp3) is 0.125. The predicted molar refractivity (Wildman–Crippen MR) is 81.0 cm³/mol. The number of fused-ring (bicyclic) bond motifs is 1. The van der Waals surface area contributed by atoms with Crippen LogP contribution in [0.25, 0.3) is 11.0 Å². The Morgan fingerprint density at radius 2 is 2.05 bits per heavy atom. The van der Waals surface area contributed by atoms with Gasteiger partial charge in [0, 0.05) is 12.7 Å². The quantitative estimate of drug-likeness (QED) is 0.801. The maximum atomic E-state index is 11.8. The summed E-state index contributed by atoms with van der Waals surface area (Å²) in [6, 6.07) is 15.1. The van der Waals surface area contributed by atoms with Gasteiger partial charge in [0.1, 0.15) is 6.61 Å². The minimum atomic E-state index is -0.478. The van der Waals surface area contributed by atoms with Gasteiger partial charge >= 0.3 is 6.09 Å². The molecule has 3 rings (SSSR count). The number of hydrogen-bond donors (Lipinski definition) is 1. The summed E-state index contributed by atoms with van der Waals surface area (Å²) in [5.41, 5.74) is 3.46. The van der Waals surface area contributed by atoms with E-state index in [0.717, 1.165) is 16.6 Å². The molecule has 0 aliphatic rings. The van der Waals surface area contributed by atoms with Crippen molar-refractivity contribution >= 4 is 22.8 Å². The second kappa shape index (κ2) is 5.66. The monoisotopic (exact) mass is 281 g/mol. The first-order chi connectivity index (χ1) is 10.2. The van der Waals surface area contributed by atoms with Gasteiger partial charge in [0.25, 0.3) is 0 Å². The van der Waals surface area contributed by atoms with Gasteiger partial charge in [-0.2, -0.15) is 0 Å². The van der Waals surface area contributed by atoms with Crippen molar-refractivity contribution in [2.75, 3.05) is 5.32 Å². The van der Waals surface area contributed by atoms with E-state index >= 15 is 0 Å². The Bertz CT molecular complexity index is 766. The van der Waals surface area contributed by atoms with Crippen LogP contribution in [0.15, 0.2) is 54.9 Å². The van der Waals surface area contributed by atoms with Crippen LogP contribution in [0.1, 0.15) is 5.56 Å². The molecule has 0 aliphatic heterocycles. The van der Waals surface area contributed by atoms with E-state index in [9.17, 15) is 4.79 Å². The maximum Gasteiger partial charge on any atom is 0.411 e. The number of aryl methyl sites for hydroxylation is 1. The molecule has 0 aliphatic carbocycles. The van der Waals surface area contributed by atoms with Gasteiger partial charge in [-0.1, -0.05) is 30.3 Å². The fourth-order valence-corrected chi connectivity index (χ4v) is 2.09. The summed E-state index contributed by atoms with van der Waals surface area (Å²) < 4.78 is 7.10. The number of anilines is 1. The summed E-state index contributed by atoms with van der Waals surface area (Å²) in [5.74, 6) is 0. The van der Waals surface area contributed by atoms with Crippen LogP contribution < -0.4 is 5.32 Å². The molecule has 1 heterocycles. The van der Waals surface area contributed by atoms with Crippen LogP contribution in [-0.2, 0) is 18.4 Å². The molecule has 0 atom stereocenters. The molecule has 2 aromatic carbocycles. The molecule has 0 radical (unpaired) electrons. The van der Waals surface area contributed by atoms with Crippen LogP contribution in [0.3, 0.4) is 0 Å². The first-order valence-electron chi connectivity index (χ1n) is 6.61. The summed E-state index contributed by atoms with van der Waals surface area (Å²) in [4.78, 5) is 16.0. The van der Waals surface area contributed by atoms with Crippen molar-refractivity contribution in [3.05, 3.63) is 60.4 Å². The molecular formula is C16H15N3O2. The van der Waals surface area contributed by atoms with Gasteiger partial charge in [0.05, 0.1) is 17.4 Å². The lowest BCUT2D eigenvalue weighted by molar-refractivity contribution is 0.155. The Kier molecular flexibility index (Phi) is 3.55. The maximum absolute atomic E-state index is 11.8. The van der Waals surface area contributed by atoms with Crippen molar-refractivity contribution in [2.45, 2.75) is 6.61 Å². The first-order valence-corrected chi connectivity index (χ1v) is 6.61. The van der Waals surface area contributed by atoms with Crippen molar-refractivity contribution in [2.24, 2.45) is 7.05 Å². The van der Waals surface area contributed by atoms with Crippen molar-refractivity contribution in [1.29, 1.82) is 0 Å². The van der Waals surface area contributed by atoms with Crippen LogP contribution in [0.2, 0.25) is 0 Å². The molecule has 3 aromatic rings. The zero-order valence-electron chi connectivity index (χ0n) is 11.6. The average Bonchev–Trinajstić information content (AvgIpc) is 2.87. The molecule has 1 N–H and O–H groups in total. The number of carbonyl (C=O) groups is 1. The number of nitrogens with zero attached hydrogens (tertiary/aromatic N) is 2. The van der Waals surface area contributed by atoms with Crippen molar-refractivity contribution < 1.29 is 9.53 Å². The molecule has 0 saturated carbocycles. The summed E-state index contributed by atoms with van der Waals surface area (Å²) in [6.45, 7) is 0.249. The van der Waals surface area contributed by atoms with E-state index in [-0.39, 0.29) is 6.61 Å². The molecule has 5 nitrogen and oxygen atoms in total. The lowest BCUT2D eigenvalue weighted by Crippen LogP contribution is -2.13. The number of nitrogens with one attached hydrogen (secondary N) is 1. The molecule has 106 valence electrons. The number of hydrogen-bond acceptors (Lipinski definition) is 3. The van der Waals surface area contributed by atoms with Gasteiger partial charge in [-0.3, -0.25) is 5.32 Å². The van der Waals surface area contributed by atoms with Gasteiger partial charge in [-0.25, -0.2) is 9.78 Å². The Labute approximate surface area is 122 Å². The lowest BCUT2D eigenvalue weighted by Gasteiger charge is -2.07. The smallest absolute Gasteiger partial charge is 0.411 e. The standard InChI is InChI=1S/C16H15N3O2/c1-19-11-17-14-9-13(7-8-15(14)19)18-16(20)21-10-12-5-3-2-4-6-12/h2-9,11H,10H2,1H3,(H,18,20). The topological polar surface area (TPSA) is 56.2 Å². The highest BCUT2D eigenvalue weighted by Gasteiger charge is 2.06. The predicted octanol–water partition coefficient (Wildman–Crippen LogP) is 3.32. The van der Waals surface area contributed by atoms with Gasteiger partial charge in [-0.15, -0.1) is 0 Å². The third kappa shape index (κ3) is 3.02. The van der Waals surface area contributed by atoms with E-state index in [2.05, 4.69) is 10.3 Å². The number of imidazole rings is 1. The third-order valence-electron chi connectivity index (χ3n) is 3.18. The van der Waals surface area contributed by atoms with E-state index in [0.29, 0.717) is 5.69 Å². The zero-order chi connectivity index (χ0) is 14.7. The number of rotatable bonds is 3. The average molecular weight is 281 g/mol. The molecule has 0 fully saturated rings. The van der Waals surface area contributed by atoms with Crippen LogP contribution in [0, 0.1) is 0 Å². The molecule has 5 heteroatoms. The molecule has 0 bridgehead atoms. The summed E-state index contributed by atoms with van der Waals surface area (Å²) in [5, 5.41) is 2.70. The summed E-state index contributed by atoms with van der Waals surface area (Å²) in [6.07, 6.45) is 1.26. The van der Waals surface area contributed by atoms with E-state index in [1.807, 2.05) is 60.1 Å².